The van der Waals surface area contributed by atoms with Gasteiger partial charge in [0.05, 0.1) is 0 Å². The van der Waals surface area contributed by atoms with Crippen LogP contribution in [0.1, 0.15) is 5.56 Å². The maximum atomic E-state index is 11.9. The number of ether oxygens (including phenoxy) is 1. The van der Waals surface area contributed by atoms with E-state index in [1.54, 1.807) is 18.2 Å². The van der Waals surface area contributed by atoms with E-state index in [0.29, 0.717) is 23.7 Å². The van der Waals surface area contributed by atoms with Crippen molar-refractivity contribution in [3.63, 3.8) is 0 Å². The fourth-order valence-corrected chi connectivity index (χ4v) is 1.47. The highest BCUT2D eigenvalue weighted by atomic mass is 35.5. The van der Waals surface area contributed by atoms with Gasteiger partial charge >= 0.3 is 0 Å². The Morgan fingerprint density at radius 1 is 1.43 bits per heavy atom. The van der Waals surface area contributed by atoms with Crippen LogP contribution in [0, 0.1) is 0 Å². The Hall–Kier alpha value is -0.800. The highest BCUT2D eigenvalue weighted by Crippen LogP contribution is 2.26. The maximum absolute atomic E-state index is 11.9. The summed E-state index contributed by atoms with van der Waals surface area (Å²) in [4.78, 5) is 0. The van der Waals surface area contributed by atoms with Crippen LogP contribution >= 0.6 is 11.6 Å². The van der Waals surface area contributed by atoms with Gasteiger partial charge in [-0.3, -0.25) is 0 Å². The molecule has 0 aliphatic heterocycles. The van der Waals surface area contributed by atoms with Gasteiger partial charge in [-0.2, -0.15) is 0 Å². The minimum atomic E-state index is -0.505. The van der Waals surface area contributed by atoms with Crippen LogP contribution in [0.25, 0.3) is 0 Å². The molecule has 0 saturated carbocycles. The largest absolute Gasteiger partial charge is 0.491 e. The topological polar surface area (TPSA) is 35.2 Å². The third-order valence-electron chi connectivity index (χ3n) is 1.80. The third kappa shape index (κ3) is 2.86. The summed E-state index contributed by atoms with van der Waals surface area (Å²) in [7, 11) is 0. The number of halogens is 2. The van der Waals surface area contributed by atoms with Gasteiger partial charge in [-0.05, 0) is 25.1 Å². The van der Waals surface area contributed by atoms with Gasteiger partial charge in [0.2, 0.25) is 0 Å². The van der Waals surface area contributed by atoms with Crippen molar-refractivity contribution in [3.05, 3.63) is 28.8 Å². The molecule has 2 nitrogen and oxygen atoms in total. The predicted molar refractivity (Wildman–Crippen MR) is 55.7 cm³/mol. The zero-order valence-electron chi connectivity index (χ0n) is 7.80. The molecule has 14 heavy (non-hydrogen) atoms. The molecule has 0 amide bonds. The lowest BCUT2D eigenvalue weighted by Gasteiger charge is -2.10. The molecule has 0 radical (unpaired) electrons. The summed E-state index contributed by atoms with van der Waals surface area (Å²) in [5, 5.41) is 0.617. The Morgan fingerprint density at radius 3 is 2.86 bits per heavy atom. The highest BCUT2D eigenvalue weighted by molar-refractivity contribution is 6.31. The molecule has 0 bridgehead atoms. The Morgan fingerprint density at radius 2 is 2.21 bits per heavy atom. The third-order valence-corrected chi connectivity index (χ3v) is 2.16. The van der Waals surface area contributed by atoms with E-state index in [9.17, 15) is 4.39 Å². The summed E-state index contributed by atoms with van der Waals surface area (Å²) in [6.45, 7) is 0.0439. The summed E-state index contributed by atoms with van der Waals surface area (Å²) in [5.41, 5.74) is 6.29. The lowest BCUT2D eigenvalue weighted by Crippen LogP contribution is -2.07. The van der Waals surface area contributed by atoms with Gasteiger partial charge in [-0.1, -0.05) is 17.7 Å². The second-order valence-electron chi connectivity index (χ2n) is 2.79. The van der Waals surface area contributed by atoms with Crippen molar-refractivity contribution in [1.29, 1.82) is 0 Å². The average molecular weight is 218 g/mol. The Balaban J connectivity index is 2.83. The van der Waals surface area contributed by atoms with Crippen LogP contribution in [0.15, 0.2) is 18.2 Å². The zero-order valence-corrected chi connectivity index (χ0v) is 8.56. The molecule has 0 atom stereocenters. The first-order valence-corrected chi connectivity index (χ1v) is 4.83. The molecule has 1 rings (SSSR count). The minimum absolute atomic E-state index is 0.0535. The second-order valence-corrected chi connectivity index (χ2v) is 3.20. The molecule has 0 unspecified atom stereocenters. The van der Waals surface area contributed by atoms with E-state index in [1.165, 1.54) is 0 Å². The van der Waals surface area contributed by atoms with Crippen molar-refractivity contribution in [3.8, 4) is 5.75 Å². The van der Waals surface area contributed by atoms with E-state index in [-0.39, 0.29) is 6.61 Å². The van der Waals surface area contributed by atoms with Crippen molar-refractivity contribution in [1.82, 2.24) is 0 Å². The van der Waals surface area contributed by atoms with Crippen molar-refractivity contribution in [2.75, 3.05) is 19.8 Å². The smallest absolute Gasteiger partial charge is 0.124 e. The summed E-state index contributed by atoms with van der Waals surface area (Å²) >= 11 is 5.96. The number of hydrogen-bond acceptors (Lipinski definition) is 2. The molecule has 1 aromatic rings. The van der Waals surface area contributed by atoms with Crippen LogP contribution < -0.4 is 10.5 Å². The van der Waals surface area contributed by atoms with E-state index in [1.807, 2.05) is 0 Å². The molecule has 0 fully saturated rings. The highest BCUT2D eigenvalue weighted by Gasteiger charge is 2.06. The number of alkyl halides is 1. The molecule has 0 saturated heterocycles. The molecule has 4 heteroatoms. The molecule has 0 aromatic heterocycles. The number of nitrogens with two attached hydrogens (primary N) is 1. The van der Waals surface area contributed by atoms with Gasteiger partial charge in [0.15, 0.2) is 0 Å². The van der Waals surface area contributed by atoms with Crippen molar-refractivity contribution >= 4 is 11.6 Å². The Kier molecular flexibility index (Phi) is 4.70. The van der Waals surface area contributed by atoms with E-state index < -0.39 is 6.67 Å². The molecule has 0 aliphatic carbocycles. The first kappa shape index (κ1) is 11.3. The van der Waals surface area contributed by atoms with Crippen LogP contribution in [0.5, 0.6) is 5.75 Å². The Bertz CT molecular complexity index is 293. The summed E-state index contributed by atoms with van der Waals surface area (Å²) in [5.74, 6) is 0.626. The Labute approximate surface area is 87.8 Å². The van der Waals surface area contributed by atoms with Gasteiger partial charge in [0.1, 0.15) is 19.0 Å². The fourth-order valence-electron chi connectivity index (χ4n) is 1.21. The molecule has 0 spiro atoms. The van der Waals surface area contributed by atoms with Crippen LogP contribution in [-0.4, -0.2) is 19.8 Å². The normalized spacial score (nSPS) is 10.2. The van der Waals surface area contributed by atoms with Crippen LogP contribution in [0.3, 0.4) is 0 Å². The first-order valence-electron chi connectivity index (χ1n) is 4.45. The minimum Gasteiger partial charge on any atom is -0.491 e. The first-order chi connectivity index (χ1) is 6.79. The fraction of sp³-hybridized carbons (Fsp3) is 0.400. The van der Waals surface area contributed by atoms with Crippen molar-refractivity contribution in [2.45, 2.75) is 6.42 Å². The molecule has 78 valence electrons. The maximum Gasteiger partial charge on any atom is 0.124 e. The lowest BCUT2D eigenvalue weighted by atomic mass is 10.1. The van der Waals surface area contributed by atoms with Gasteiger partial charge < -0.3 is 10.5 Å². The molecular weight excluding hydrogens is 205 g/mol. The predicted octanol–water partition coefficient (Wildman–Crippen LogP) is 2.19. The quantitative estimate of drug-likeness (QED) is 0.821. The van der Waals surface area contributed by atoms with Gasteiger partial charge in [-0.25, -0.2) is 4.39 Å². The van der Waals surface area contributed by atoms with Crippen LogP contribution in [-0.2, 0) is 6.42 Å². The zero-order chi connectivity index (χ0) is 10.4. The number of hydrogen-bond donors (Lipinski definition) is 1. The van der Waals surface area contributed by atoms with E-state index in [0.717, 1.165) is 5.56 Å². The van der Waals surface area contributed by atoms with Gasteiger partial charge in [0, 0.05) is 10.6 Å². The molecule has 2 N–H and O–H groups in total. The molecular formula is C10H13ClFNO. The van der Waals surface area contributed by atoms with Crippen LogP contribution in [0.4, 0.5) is 4.39 Å². The molecule has 0 heterocycles. The number of rotatable bonds is 5. The number of benzene rings is 1. The lowest BCUT2D eigenvalue weighted by molar-refractivity contribution is 0.271. The SMILES string of the molecule is NCCc1c(Cl)cccc1OCCF. The van der Waals surface area contributed by atoms with E-state index in [2.05, 4.69) is 0 Å². The summed E-state index contributed by atoms with van der Waals surface area (Å²) in [6.07, 6.45) is 0.640. The van der Waals surface area contributed by atoms with Gasteiger partial charge in [-0.15, -0.1) is 0 Å². The van der Waals surface area contributed by atoms with Crippen molar-refractivity contribution in [2.24, 2.45) is 5.73 Å². The van der Waals surface area contributed by atoms with Crippen LogP contribution in [0.2, 0.25) is 5.02 Å². The molecule has 0 aliphatic rings. The second kappa shape index (κ2) is 5.83. The van der Waals surface area contributed by atoms with Gasteiger partial charge in [0.25, 0.3) is 0 Å². The average Bonchev–Trinajstić information content (AvgIpc) is 2.19. The standard InChI is InChI=1S/C10H13ClFNO/c11-9-2-1-3-10(14-7-5-12)8(9)4-6-13/h1-3H,4-7,13H2. The van der Waals surface area contributed by atoms with Crippen molar-refractivity contribution < 1.29 is 9.13 Å². The monoisotopic (exact) mass is 217 g/mol. The summed E-state index contributed by atoms with van der Waals surface area (Å²) in [6, 6.07) is 5.32. The molecule has 1 aromatic carbocycles. The van der Waals surface area contributed by atoms with E-state index in [4.69, 9.17) is 22.1 Å². The van der Waals surface area contributed by atoms with E-state index >= 15 is 0 Å². The summed E-state index contributed by atoms with van der Waals surface area (Å²) < 4.78 is 17.1.